The second kappa shape index (κ2) is 9.95. The van der Waals surface area contributed by atoms with Crippen LogP contribution in [0, 0.1) is 0 Å². The zero-order valence-electron chi connectivity index (χ0n) is 18.5. The second-order valence-electron chi connectivity index (χ2n) is 7.63. The molecule has 1 aliphatic rings. The van der Waals surface area contributed by atoms with E-state index in [0.717, 1.165) is 11.3 Å². The molecule has 0 bridgehead atoms. The van der Waals surface area contributed by atoms with Crippen molar-refractivity contribution in [1.82, 2.24) is 14.7 Å². The van der Waals surface area contributed by atoms with Crippen molar-refractivity contribution in [2.45, 2.75) is 6.54 Å². The number of hydrogen-bond donors (Lipinski definition) is 0. The fourth-order valence-electron chi connectivity index (χ4n) is 3.81. The molecule has 1 aromatic heterocycles. The minimum Gasteiger partial charge on any atom is -0.493 e. The summed E-state index contributed by atoms with van der Waals surface area (Å²) < 4.78 is 11.8. The van der Waals surface area contributed by atoms with Gasteiger partial charge in [-0.1, -0.05) is 11.6 Å². The highest BCUT2D eigenvalue weighted by atomic mass is 35.5. The Morgan fingerprint density at radius 2 is 1.64 bits per heavy atom. The third-order valence-corrected chi connectivity index (χ3v) is 5.91. The molecule has 1 saturated heterocycles. The highest BCUT2D eigenvalue weighted by molar-refractivity contribution is 6.30. The first kappa shape index (κ1) is 22.7. The number of piperazine rings is 1. The minimum absolute atomic E-state index is 0.110. The standard InChI is InChI=1S/C24H25ClN4O4/c1-32-21-9-3-17(15-22(21)33-2)20-8-10-23(30)29(26-20)16-24(31)28-13-11-27(12-14-28)19-6-4-18(25)5-7-19/h3-10,15H,11-14,16H2,1-2H3. The number of hydrogen-bond acceptors (Lipinski definition) is 6. The SMILES string of the molecule is COc1ccc(-c2ccc(=O)n(CC(=O)N3CCN(c4ccc(Cl)cc4)CC3)n2)cc1OC. The smallest absolute Gasteiger partial charge is 0.267 e. The van der Waals surface area contributed by atoms with E-state index in [-0.39, 0.29) is 18.0 Å². The Balaban J connectivity index is 1.44. The van der Waals surface area contributed by atoms with Gasteiger partial charge < -0.3 is 19.3 Å². The van der Waals surface area contributed by atoms with Gasteiger partial charge in [0.15, 0.2) is 11.5 Å². The third kappa shape index (κ3) is 5.12. The van der Waals surface area contributed by atoms with Gasteiger partial charge in [0, 0.05) is 48.5 Å². The lowest BCUT2D eigenvalue weighted by Crippen LogP contribution is -2.50. The van der Waals surface area contributed by atoms with E-state index in [4.69, 9.17) is 21.1 Å². The fraction of sp³-hybridized carbons (Fsp3) is 0.292. The predicted octanol–water partition coefficient (Wildman–Crippen LogP) is 2.93. The van der Waals surface area contributed by atoms with Crippen molar-refractivity contribution in [2.75, 3.05) is 45.3 Å². The summed E-state index contributed by atoms with van der Waals surface area (Å²) in [6, 6.07) is 16.1. The molecule has 33 heavy (non-hydrogen) atoms. The number of carbonyl (C=O) groups is 1. The monoisotopic (exact) mass is 468 g/mol. The molecule has 1 amide bonds. The van der Waals surface area contributed by atoms with Crippen LogP contribution in [0.1, 0.15) is 0 Å². The highest BCUT2D eigenvalue weighted by Crippen LogP contribution is 2.31. The molecule has 1 fully saturated rings. The van der Waals surface area contributed by atoms with Gasteiger partial charge in [-0.15, -0.1) is 0 Å². The Labute approximate surface area is 196 Å². The largest absolute Gasteiger partial charge is 0.493 e. The molecular formula is C24H25ClN4O4. The molecule has 1 aliphatic heterocycles. The van der Waals surface area contributed by atoms with Gasteiger partial charge in [-0.25, -0.2) is 4.68 Å². The molecule has 3 aromatic rings. The van der Waals surface area contributed by atoms with E-state index in [2.05, 4.69) is 10.00 Å². The summed E-state index contributed by atoms with van der Waals surface area (Å²) in [4.78, 5) is 29.2. The Hall–Kier alpha value is -3.52. The number of carbonyl (C=O) groups excluding carboxylic acids is 1. The van der Waals surface area contributed by atoms with Crippen LogP contribution in [0.25, 0.3) is 11.3 Å². The molecule has 172 valence electrons. The van der Waals surface area contributed by atoms with Crippen molar-refractivity contribution in [3.05, 3.63) is 70.0 Å². The molecular weight excluding hydrogens is 444 g/mol. The summed E-state index contributed by atoms with van der Waals surface area (Å²) in [5.41, 5.74) is 2.07. The number of benzene rings is 2. The molecule has 0 aliphatic carbocycles. The molecule has 2 heterocycles. The van der Waals surface area contributed by atoms with E-state index < -0.39 is 0 Å². The Kier molecular flexibility index (Phi) is 6.84. The molecule has 8 nitrogen and oxygen atoms in total. The average Bonchev–Trinajstić information content (AvgIpc) is 2.85. The lowest BCUT2D eigenvalue weighted by atomic mass is 10.1. The summed E-state index contributed by atoms with van der Waals surface area (Å²) in [5.74, 6) is 1.02. The number of anilines is 1. The van der Waals surface area contributed by atoms with Gasteiger partial charge in [0.05, 0.1) is 19.9 Å². The lowest BCUT2D eigenvalue weighted by Gasteiger charge is -2.36. The average molecular weight is 469 g/mol. The van der Waals surface area contributed by atoms with Gasteiger partial charge in [0.25, 0.3) is 5.56 Å². The maximum atomic E-state index is 12.9. The summed E-state index contributed by atoms with van der Waals surface area (Å²) in [6.45, 7) is 2.46. The molecule has 4 rings (SSSR count). The Morgan fingerprint density at radius 1 is 0.939 bits per heavy atom. The molecule has 0 spiro atoms. The molecule has 0 saturated carbocycles. The zero-order valence-corrected chi connectivity index (χ0v) is 19.3. The molecule has 0 radical (unpaired) electrons. The molecule has 0 atom stereocenters. The maximum Gasteiger partial charge on any atom is 0.267 e. The van der Waals surface area contributed by atoms with E-state index in [9.17, 15) is 9.59 Å². The topological polar surface area (TPSA) is 76.9 Å². The van der Waals surface area contributed by atoms with Crippen LogP contribution in [0.2, 0.25) is 5.02 Å². The highest BCUT2D eigenvalue weighted by Gasteiger charge is 2.22. The minimum atomic E-state index is -0.327. The van der Waals surface area contributed by atoms with Crippen molar-refractivity contribution >= 4 is 23.2 Å². The van der Waals surface area contributed by atoms with Gasteiger partial charge in [0.1, 0.15) is 6.54 Å². The summed E-state index contributed by atoms with van der Waals surface area (Å²) in [7, 11) is 3.12. The van der Waals surface area contributed by atoms with Crippen LogP contribution in [0.4, 0.5) is 5.69 Å². The number of nitrogens with zero attached hydrogens (tertiary/aromatic N) is 4. The van der Waals surface area contributed by atoms with E-state index in [0.29, 0.717) is 48.4 Å². The molecule has 9 heteroatoms. The van der Waals surface area contributed by atoms with Crippen LogP contribution < -0.4 is 19.9 Å². The maximum absolute atomic E-state index is 12.9. The summed E-state index contributed by atoms with van der Waals surface area (Å²) in [6.07, 6.45) is 0. The van der Waals surface area contributed by atoms with E-state index in [1.807, 2.05) is 30.3 Å². The third-order valence-electron chi connectivity index (χ3n) is 5.66. The number of aromatic nitrogens is 2. The van der Waals surface area contributed by atoms with Crippen molar-refractivity contribution in [3.8, 4) is 22.8 Å². The van der Waals surface area contributed by atoms with Crippen molar-refractivity contribution in [1.29, 1.82) is 0 Å². The quantitative estimate of drug-likeness (QED) is 0.553. The van der Waals surface area contributed by atoms with Gasteiger partial charge in [0.2, 0.25) is 5.91 Å². The van der Waals surface area contributed by atoms with Gasteiger partial charge in [-0.2, -0.15) is 5.10 Å². The van der Waals surface area contributed by atoms with Gasteiger partial charge in [-0.05, 0) is 48.5 Å². The molecule has 0 unspecified atom stereocenters. The fourth-order valence-corrected chi connectivity index (χ4v) is 3.93. The Bertz CT molecular complexity index is 1190. The van der Waals surface area contributed by atoms with E-state index in [1.54, 1.807) is 37.3 Å². The Morgan fingerprint density at radius 3 is 2.30 bits per heavy atom. The van der Waals surface area contributed by atoms with Crippen LogP contribution in [-0.4, -0.2) is 61.0 Å². The van der Waals surface area contributed by atoms with E-state index >= 15 is 0 Å². The van der Waals surface area contributed by atoms with Crippen LogP contribution in [0.15, 0.2) is 59.4 Å². The van der Waals surface area contributed by atoms with Crippen LogP contribution >= 0.6 is 11.6 Å². The first-order chi connectivity index (χ1) is 16.0. The number of rotatable bonds is 6. The summed E-state index contributed by atoms with van der Waals surface area (Å²) in [5, 5.41) is 5.11. The number of ether oxygens (including phenoxy) is 2. The molecule has 2 aromatic carbocycles. The number of methoxy groups -OCH3 is 2. The normalized spacial score (nSPS) is 13.7. The van der Waals surface area contributed by atoms with Gasteiger partial charge in [-0.3, -0.25) is 9.59 Å². The zero-order chi connectivity index (χ0) is 23.4. The lowest BCUT2D eigenvalue weighted by molar-refractivity contribution is -0.132. The first-order valence-corrected chi connectivity index (χ1v) is 10.9. The van der Waals surface area contributed by atoms with Crippen molar-refractivity contribution in [2.24, 2.45) is 0 Å². The van der Waals surface area contributed by atoms with Crippen LogP contribution in [-0.2, 0) is 11.3 Å². The van der Waals surface area contributed by atoms with Crippen LogP contribution in [0.5, 0.6) is 11.5 Å². The van der Waals surface area contributed by atoms with Crippen LogP contribution in [0.3, 0.4) is 0 Å². The van der Waals surface area contributed by atoms with Gasteiger partial charge >= 0.3 is 0 Å². The van der Waals surface area contributed by atoms with Crippen molar-refractivity contribution < 1.29 is 14.3 Å². The number of amides is 1. The summed E-state index contributed by atoms with van der Waals surface area (Å²) >= 11 is 5.97. The first-order valence-electron chi connectivity index (χ1n) is 10.6. The van der Waals surface area contributed by atoms with Crippen molar-refractivity contribution in [3.63, 3.8) is 0 Å². The second-order valence-corrected chi connectivity index (χ2v) is 8.06. The van der Waals surface area contributed by atoms with E-state index in [1.165, 1.54) is 10.7 Å². The predicted molar refractivity (Wildman–Crippen MR) is 127 cm³/mol. The molecule has 0 N–H and O–H groups in total. The number of halogens is 1.